The Labute approximate surface area is 171 Å². The predicted molar refractivity (Wildman–Crippen MR) is 113 cm³/mol. The summed E-state index contributed by atoms with van der Waals surface area (Å²) in [6.07, 6.45) is 0. The summed E-state index contributed by atoms with van der Waals surface area (Å²) in [6.45, 7) is 4.53. The van der Waals surface area contributed by atoms with E-state index in [0.717, 1.165) is 21.3 Å². The molecule has 144 valence electrons. The molecule has 4 rings (SSSR count). The second kappa shape index (κ2) is 7.41. The number of hydrogen-bond donors (Lipinski definition) is 0. The molecule has 1 saturated heterocycles. The van der Waals surface area contributed by atoms with Crippen LogP contribution >= 0.6 is 22.9 Å². The van der Waals surface area contributed by atoms with E-state index in [4.69, 9.17) is 11.6 Å². The fourth-order valence-electron chi connectivity index (χ4n) is 3.41. The highest BCUT2D eigenvalue weighted by atomic mass is 35.5. The van der Waals surface area contributed by atoms with Crippen LogP contribution in [0.2, 0.25) is 5.02 Å². The number of piperazine rings is 1. The lowest BCUT2D eigenvalue weighted by Crippen LogP contribution is -2.48. The fraction of sp³-hybridized carbons (Fsp3) is 0.250. The van der Waals surface area contributed by atoms with Crippen LogP contribution < -0.4 is 4.90 Å². The lowest BCUT2D eigenvalue weighted by Gasteiger charge is -2.36. The molecule has 0 N–H and O–H groups in total. The lowest BCUT2D eigenvalue weighted by atomic mass is 10.2. The van der Waals surface area contributed by atoms with Crippen molar-refractivity contribution < 1.29 is 9.72 Å². The predicted octanol–water partition coefficient (Wildman–Crippen LogP) is 4.73. The zero-order valence-corrected chi connectivity index (χ0v) is 16.8. The first kappa shape index (κ1) is 18.7. The van der Waals surface area contributed by atoms with Crippen molar-refractivity contribution in [2.45, 2.75) is 6.92 Å². The van der Waals surface area contributed by atoms with Crippen LogP contribution in [0.5, 0.6) is 0 Å². The molecule has 8 heteroatoms. The van der Waals surface area contributed by atoms with Gasteiger partial charge < -0.3 is 9.80 Å². The van der Waals surface area contributed by atoms with Gasteiger partial charge in [-0.05, 0) is 30.7 Å². The molecule has 2 aromatic carbocycles. The Kier molecular flexibility index (Phi) is 4.95. The van der Waals surface area contributed by atoms with E-state index < -0.39 is 4.92 Å². The van der Waals surface area contributed by atoms with Gasteiger partial charge in [-0.2, -0.15) is 0 Å². The minimum atomic E-state index is -0.406. The minimum absolute atomic E-state index is 0.0350. The molecule has 1 amide bonds. The molecule has 1 aliphatic rings. The molecule has 3 aromatic rings. The topological polar surface area (TPSA) is 66.7 Å². The van der Waals surface area contributed by atoms with Crippen molar-refractivity contribution in [3.63, 3.8) is 0 Å². The van der Waals surface area contributed by atoms with E-state index in [1.807, 2.05) is 24.0 Å². The van der Waals surface area contributed by atoms with Crippen molar-refractivity contribution in [3.05, 3.63) is 68.0 Å². The third-order valence-electron chi connectivity index (χ3n) is 4.97. The number of aryl methyl sites for hydroxylation is 1. The smallest absolute Gasteiger partial charge is 0.269 e. The highest BCUT2D eigenvalue weighted by Gasteiger charge is 2.26. The summed E-state index contributed by atoms with van der Waals surface area (Å²) >= 11 is 7.93. The Morgan fingerprint density at radius 2 is 1.79 bits per heavy atom. The summed E-state index contributed by atoms with van der Waals surface area (Å²) < 4.78 is 1.03. The molecule has 28 heavy (non-hydrogen) atoms. The number of fused-ring (bicyclic) bond motifs is 1. The van der Waals surface area contributed by atoms with Crippen LogP contribution in [0.15, 0.2) is 42.5 Å². The van der Waals surface area contributed by atoms with Crippen molar-refractivity contribution >= 4 is 50.3 Å². The molecule has 0 spiro atoms. The van der Waals surface area contributed by atoms with Crippen molar-refractivity contribution in [1.29, 1.82) is 0 Å². The third kappa shape index (κ3) is 3.43. The van der Waals surface area contributed by atoms with Crippen molar-refractivity contribution in [1.82, 2.24) is 4.90 Å². The largest absolute Gasteiger partial charge is 0.368 e. The van der Waals surface area contributed by atoms with Crippen LogP contribution in [0.25, 0.3) is 10.1 Å². The van der Waals surface area contributed by atoms with Crippen molar-refractivity contribution in [2.75, 3.05) is 31.1 Å². The van der Waals surface area contributed by atoms with Gasteiger partial charge in [-0.25, -0.2) is 0 Å². The molecule has 0 unspecified atom stereocenters. The molecule has 2 heterocycles. The molecule has 6 nitrogen and oxygen atoms in total. The first-order valence-electron chi connectivity index (χ1n) is 8.91. The third-order valence-corrected chi connectivity index (χ3v) is 6.62. The van der Waals surface area contributed by atoms with Crippen LogP contribution in [-0.2, 0) is 0 Å². The molecule has 0 aliphatic carbocycles. The number of hydrogen-bond acceptors (Lipinski definition) is 5. The first-order chi connectivity index (χ1) is 13.4. The SMILES string of the molecule is Cc1ccc2c(Cl)c(C(=O)N3CCN(c4ccc([N+](=O)[O-])cc4)CC3)sc2c1. The zero-order valence-electron chi connectivity index (χ0n) is 15.2. The Bertz CT molecular complexity index is 1060. The van der Waals surface area contributed by atoms with Crippen LogP contribution in [0, 0.1) is 17.0 Å². The van der Waals surface area contributed by atoms with Gasteiger partial charge in [0.15, 0.2) is 0 Å². The molecular weight excluding hydrogens is 398 g/mol. The fourth-order valence-corrected chi connectivity index (χ4v) is 4.98. The average molecular weight is 416 g/mol. The number of halogens is 1. The first-order valence-corrected chi connectivity index (χ1v) is 10.1. The molecule has 1 aliphatic heterocycles. The molecule has 0 atom stereocenters. The quantitative estimate of drug-likeness (QED) is 0.458. The summed E-state index contributed by atoms with van der Waals surface area (Å²) in [7, 11) is 0. The Balaban J connectivity index is 1.47. The maximum Gasteiger partial charge on any atom is 0.269 e. The van der Waals surface area contributed by atoms with Crippen LogP contribution in [0.4, 0.5) is 11.4 Å². The van der Waals surface area contributed by atoms with Crippen LogP contribution in [-0.4, -0.2) is 41.9 Å². The van der Waals surface area contributed by atoms with E-state index in [1.54, 1.807) is 12.1 Å². The monoisotopic (exact) mass is 415 g/mol. The summed E-state index contributed by atoms with van der Waals surface area (Å²) in [5.74, 6) is -0.0350. The van der Waals surface area contributed by atoms with Gasteiger partial charge in [0, 0.05) is 54.1 Å². The number of carbonyl (C=O) groups excluding carboxylic acids is 1. The summed E-state index contributed by atoms with van der Waals surface area (Å²) in [5.41, 5.74) is 2.14. The van der Waals surface area contributed by atoms with Gasteiger partial charge >= 0.3 is 0 Å². The number of nitrogens with zero attached hydrogens (tertiary/aromatic N) is 3. The normalized spacial score (nSPS) is 14.5. The highest BCUT2D eigenvalue weighted by Crippen LogP contribution is 2.36. The minimum Gasteiger partial charge on any atom is -0.368 e. The second-order valence-electron chi connectivity index (χ2n) is 6.80. The van der Waals surface area contributed by atoms with E-state index in [9.17, 15) is 14.9 Å². The summed E-state index contributed by atoms with van der Waals surface area (Å²) in [6, 6.07) is 12.5. The molecule has 0 bridgehead atoms. The number of benzene rings is 2. The summed E-state index contributed by atoms with van der Waals surface area (Å²) in [5, 5.41) is 12.2. The van der Waals surface area contributed by atoms with Gasteiger partial charge in [0.1, 0.15) is 4.88 Å². The van der Waals surface area contributed by atoms with Gasteiger partial charge in [0.25, 0.3) is 11.6 Å². The maximum atomic E-state index is 13.0. The number of carbonyl (C=O) groups is 1. The average Bonchev–Trinajstić information content (AvgIpc) is 3.03. The number of nitro benzene ring substituents is 1. The van der Waals surface area contributed by atoms with Gasteiger partial charge in [-0.15, -0.1) is 11.3 Å². The van der Waals surface area contributed by atoms with Crippen LogP contribution in [0.3, 0.4) is 0 Å². The number of thiophene rings is 1. The number of amides is 1. The van der Waals surface area contributed by atoms with Crippen molar-refractivity contribution in [2.24, 2.45) is 0 Å². The van der Waals surface area contributed by atoms with E-state index in [2.05, 4.69) is 11.0 Å². The van der Waals surface area contributed by atoms with E-state index in [0.29, 0.717) is 36.1 Å². The molecular formula is C20H18ClN3O3S. The van der Waals surface area contributed by atoms with E-state index in [1.165, 1.54) is 23.5 Å². The van der Waals surface area contributed by atoms with Crippen molar-refractivity contribution in [3.8, 4) is 0 Å². The highest BCUT2D eigenvalue weighted by molar-refractivity contribution is 7.21. The molecule has 1 aromatic heterocycles. The van der Waals surface area contributed by atoms with Gasteiger partial charge in [0.05, 0.1) is 9.95 Å². The molecule has 0 saturated carbocycles. The standard InChI is InChI=1S/C20H18ClN3O3S/c1-13-2-7-16-17(12-13)28-19(18(16)21)20(25)23-10-8-22(9-11-23)14-3-5-15(6-4-14)24(26)27/h2-7,12H,8-11H2,1H3. The zero-order chi connectivity index (χ0) is 19.8. The van der Waals surface area contributed by atoms with E-state index in [-0.39, 0.29) is 11.6 Å². The van der Waals surface area contributed by atoms with Gasteiger partial charge in [-0.3, -0.25) is 14.9 Å². The number of rotatable bonds is 3. The van der Waals surface area contributed by atoms with Crippen LogP contribution in [0.1, 0.15) is 15.2 Å². The lowest BCUT2D eigenvalue weighted by molar-refractivity contribution is -0.384. The Morgan fingerprint density at radius 1 is 1.11 bits per heavy atom. The second-order valence-corrected chi connectivity index (χ2v) is 8.23. The Morgan fingerprint density at radius 3 is 2.43 bits per heavy atom. The number of anilines is 1. The van der Waals surface area contributed by atoms with Gasteiger partial charge in [0.2, 0.25) is 0 Å². The molecule has 0 radical (unpaired) electrons. The Hall–Kier alpha value is -2.64. The van der Waals surface area contributed by atoms with Gasteiger partial charge in [-0.1, -0.05) is 23.7 Å². The van der Waals surface area contributed by atoms with E-state index >= 15 is 0 Å². The maximum absolute atomic E-state index is 13.0. The number of nitro groups is 1. The number of non-ortho nitro benzene ring substituents is 1. The summed E-state index contributed by atoms with van der Waals surface area (Å²) in [4.78, 5) is 27.9. The molecule has 1 fully saturated rings.